The second-order valence-corrected chi connectivity index (χ2v) is 4.03. The fourth-order valence-electron chi connectivity index (χ4n) is 1.97. The van der Waals surface area contributed by atoms with Crippen molar-refractivity contribution >= 4 is 0 Å². The minimum atomic E-state index is -0.574. The predicted octanol–water partition coefficient (Wildman–Crippen LogP) is 0.388. The smallest absolute Gasteiger partial charge is 0.0855 e. The van der Waals surface area contributed by atoms with Gasteiger partial charge in [0.05, 0.1) is 12.1 Å². The Bertz CT molecular complexity index is 263. The van der Waals surface area contributed by atoms with Crippen LogP contribution in [0.4, 0.5) is 0 Å². The highest BCUT2D eigenvalue weighted by molar-refractivity contribution is 4.85. The number of nitrogens with one attached hydrogen (secondary N) is 1. The summed E-state index contributed by atoms with van der Waals surface area (Å²) < 4.78 is 1.81. The Morgan fingerprint density at radius 3 is 3.14 bits per heavy atom. The van der Waals surface area contributed by atoms with E-state index in [0.717, 1.165) is 32.4 Å². The molecule has 0 radical (unpaired) electrons. The van der Waals surface area contributed by atoms with Crippen LogP contribution >= 0.6 is 0 Å². The van der Waals surface area contributed by atoms with E-state index in [1.54, 1.807) is 6.20 Å². The maximum absolute atomic E-state index is 10.3. The van der Waals surface area contributed by atoms with Gasteiger partial charge in [-0.05, 0) is 38.4 Å². The fraction of sp³-hybridized carbons (Fsp3) is 0.700. The monoisotopic (exact) mass is 195 g/mol. The number of aromatic nitrogens is 2. The Balaban J connectivity index is 1.99. The second kappa shape index (κ2) is 4.11. The van der Waals surface area contributed by atoms with Crippen molar-refractivity contribution in [3.8, 4) is 0 Å². The number of hydrogen-bond donors (Lipinski definition) is 2. The molecule has 2 rings (SSSR count). The molecule has 1 saturated heterocycles. The number of aliphatic hydroxyl groups is 1. The normalized spacial score (nSPS) is 28.6. The average Bonchev–Trinajstić information content (AvgIpc) is 2.55. The van der Waals surface area contributed by atoms with Crippen LogP contribution in [0.2, 0.25) is 0 Å². The predicted molar refractivity (Wildman–Crippen MR) is 53.9 cm³/mol. The van der Waals surface area contributed by atoms with E-state index in [1.165, 1.54) is 0 Å². The van der Waals surface area contributed by atoms with E-state index in [1.807, 2.05) is 16.9 Å². The van der Waals surface area contributed by atoms with E-state index in [2.05, 4.69) is 10.4 Å². The van der Waals surface area contributed by atoms with Crippen LogP contribution in [0.1, 0.15) is 19.3 Å². The van der Waals surface area contributed by atoms with Crippen molar-refractivity contribution in [3.05, 3.63) is 18.5 Å². The van der Waals surface area contributed by atoms with Gasteiger partial charge in [-0.25, -0.2) is 0 Å². The lowest BCUT2D eigenvalue weighted by Gasteiger charge is -2.25. The van der Waals surface area contributed by atoms with E-state index >= 15 is 0 Å². The van der Waals surface area contributed by atoms with Crippen LogP contribution in [0, 0.1) is 0 Å². The van der Waals surface area contributed by atoms with Crippen molar-refractivity contribution in [2.24, 2.45) is 0 Å². The molecule has 0 aromatic carbocycles. The van der Waals surface area contributed by atoms with Crippen LogP contribution in [0.3, 0.4) is 0 Å². The lowest BCUT2D eigenvalue weighted by atomic mass is 9.95. The van der Waals surface area contributed by atoms with Crippen LogP contribution in [0.5, 0.6) is 0 Å². The molecule has 0 aliphatic carbocycles. The SMILES string of the molecule is OC1(Cn2cccn2)CCCNCC1. The zero-order valence-corrected chi connectivity index (χ0v) is 8.32. The molecule has 2 N–H and O–H groups in total. The fourth-order valence-corrected chi connectivity index (χ4v) is 1.97. The van der Waals surface area contributed by atoms with Gasteiger partial charge in [-0.3, -0.25) is 4.68 Å². The van der Waals surface area contributed by atoms with E-state index < -0.39 is 5.60 Å². The highest BCUT2D eigenvalue weighted by Crippen LogP contribution is 2.21. The van der Waals surface area contributed by atoms with Crippen LogP contribution in [-0.2, 0) is 6.54 Å². The maximum atomic E-state index is 10.3. The molecule has 1 aromatic rings. The molecule has 0 amide bonds. The number of rotatable bonds is 2. The van der Waals surface area contributed by atoms with Gasteiger partial charge in [-0.1, -0.05) is 0 Å². The minimum Gasteiger partial charge on any atom is -0.388 e. The van der Waals surface area contributed by atoms with Crippen molar-refractivity contribution in [1.29, 1.82) is 0 Å². The van der Waals surface area contributed by atoms with Gasteiger partial charge in [-0.2, -0.15) is 5.10 Å². The van der Waals surface area contributed by atoms with Gasteiger partial charge >= 0.3 is 0 Å². The largest absolute Gasteiger partial charge is 0.388 e. The Labute approximate surface area is 83.9 Å². The summed E-state index contributed by atoms with van der Waals surface area (Å²) >= 11 is 0. The Morgan fingerprint density at radius 2 is 2.36 bits per heavy atom. The first-order chi connectivity index (χ1) is 6.79. The molecule has 1 aliphatic rings. The van der Waals surface area contributed by atoms with E-state index in [-0.39, 0.29) is 0 Å². The molecule has 4 heteroatoms. The van der Waals surface area contributed by atoms with Gasteiger partial charge in [0.15, 0.2) is 0 Å². The molecule has 1 aromatic heterocycles. The van der Waals surface area contributed by atoms with Gasteiger partial charge in [0, 0.05) is 12.4 Å². The van der Waals surface area contributed by atoms with Crippen LogP contribution in [0.25, 0.3) is 0 Å². The molecule has 1 atom stereocenters. The first-order valence-corrected chi connectivity index (χ1v) is 5.19. The molecule has 0 saturated carbocycles. The summed E-state index contributed by atoms with van der Waals surface area (Å²) in [6.07, 6.45) is 6.36. The first-order valence-electron chi connectivity index (χ1n) is 5.19. The van der Waals surface area contributed by atoms with Crippen molar-refractivity contribution in [1.82, 2.24) is 15.1 Å². The molecule has 0 bridgehead atoms. The lowest BCUT2D eigenvalue weighted by molar-refractivity contribution is 0.00798. The molecule has 4 nitrogen and oxygen atoms in total. The van der Waals surface area contributed by atoms with Crippen LogP contribution < -0.4 is 5.32 Å². The van der Waals surface area contributed by atoms with E-state index in [0.29, 0.717) is 6.54 Å². The molecule has 0 spiro atoms. The van der Waals surface area contributed by atoms with Gasteiger partial charge in [0.2, 0.25) is 0 Å². The Kier molecular flexibility index (Phi) is 2.84. The van der Waals surface area contributed by atoms with Crippen molar-refractivity contribution in [2.75, 3.05) is 13.1 Å². The third-order valence-corrected chi connectivity index (χ3v) is 2.78. The van der Waals surface area contributed by atoms with Gasteiger partial charge < -0.3 is 10.4 Å². The van der Waals surface area contributed by atoms with Gasteiger partial charge in [0.1, 0.15) is 0 Å². The van der Waals surface area contributed by atoms with Crippen molar-refractivity contribution in [2.45, 2.75) is 31.4 Å². The minimum absolute atomic E-state index is 0.574. The topological polar surface area (TPSA) is 50.1 Å². The quantitative estimate of drug-likeness (QED) is 0.717. The summed E-state index contributed by atoms with van der Waals surface area (Å²) in [5.41, 5.74) is -0.574. The summed E-state index contributed by atoms with van der Waals surface area (Å²) in [6.45, 7) is 2.53. The molecule has 14 heavy (non-hydrogen) atoms. The van der Waals surface area contributed by atoms with E-state index in [4.69, 9.17) is 0 Å². The summed E-state index contributed by atoms with van der Waals surface area (Å²) in [6, 6.07) is 1.89. The average molecular weight is 195 g/mol. The maximum Gasteiger partial charge on any atom is 0.0855 e. The summed E-state index contributed by atoms with van der Waals surface area (Å²) in [4.78, 5) is 0. The summed E-state index contributed by atoms with van der Waals surface area (Å²) in [5.74, 6) is 0. The standard InChI is InChI=1S/C10H17N3O/c14-10(3-1-5-11-7-4-10)9-13-8-2-6-12-13/h2,6,8,11,14H,1,3-5,7,9H2. The van der Waals surface area contributed by atoms with Crippen molar-refractivity contribution < 1.29 is 5.11 Å². The van der Waals surface area contributed by atoms with Crippen LogP contribution in [0.15, 0.2) is 18.5 Å². The molecule has 1 aliphatic heterocycles. The van der Waals surface area contributed by atoms with Gasteiger partial charge in [-0.15, -0.1) is 0 Å². The second-order valence-electron chi connectivity index (χ2n) is 4.03. The zero-order chi connectivity index (χ0) is 9.86. The summed E-state index contributed by atoms with van der Waals surface area (Å²) in [7, 11) is 0. The Morgan fingerprint density at radius 1 is 1.43 bits per heavy atom. The Hall–Kier alpha value is -0.870. The zero-order valence-electron chi connectivity index (χ0n) is 8.32. The lowest BCUT2D eigenvalue weighted by Crippen LogP contribution is -2.35. The molecule has 2 heterocycles. The highest BCUT2D eigenvalue weighted by atomic mass is 16.3. The molecule has 78 valence electrons. The number of hydrogen-bond acceptors (Lipinski definition) is 3. The van der Waals surface area contributed by atoms with Crippen LogP contribution in [-0.4, -0.2) is 33.6 Å². The molecular weight excluding hydrogens is 178 g/mol. The van der Waals surface area contributed by atoms with Crippen molar-refractivity contribution in [3.63, 3.8) is 0 Å². The van der Waals surface area contributed by atoms with E-state index in [9.17, 15) is 5.11 Å². The third kappa shape index (κ3) is 2.33. The molecular formula is C10H17N3O. The third-order valence-electron chi connectivity index (χ3n) is 2.78. The summed E-state index contributed by atoms with van der Waals surface area (Å²) in [5, 5.41) is 17.7. The van der Waals surface area contributed by atoms with Gasteiger partial charge in [0.25, 0.3) is 0 Å². The molecule has 1 unspecified atom stereocenters. The first kappa shape index (κ1) is 9.68. The molecule has 1 fully saturated rings. The number of nitrogens with zero attached hydrogens (tertiary/aromatic N) is 2. The highest BCUT2D eigenvalue weighted by Gasteiger charge is 2.28.